The molecule has 0 unspecified atom stereocenters. The molecule has 0 aromatic carbocycles. The molecule has 0 amide bonds. The number of hydrogen-bond donors (Lipinski definition) is 1. The summed E-state index contributed by atoms with van der Waals surface area (Å²) in [5, 5.41) is 3.71. The molecule has 1 rings (SSSR count). The summed E-state index contributed by atoms with van der Waals surface area (Å²) in [6, 6.07) is 0. The number of thiazole rings is 1. The van der Waals surface area contributed by atoms with Gasteiger partial charge < -0.3 is 14.8 Å². The lowest BCUT2D eigenvalue weighted by atomic mass is 10.2. The highest BCUT2D eigenvalue weighted by atomic mass is 32.1. The van der Waals surface area contributed by atoms with Crippen molar-refractivity contribution in [1.82, 2.24) is 4.98 Å². The van der Waals surface area contributed by atoms with E-state index in [1.165, 1.54) is 6.20 Å². The molecule has 0 saturated heterocycles. The molecule has 0 atom stereocenters. The molecule has 0 aliphatic carbocycles. The van der Waals surface area contributed by atoms with Crippen LogP contribution < -0.4 is 5.32 Å². The molecule has 7 heteroatoms. The van der Waals surface area contributed by atoms with Crippen LogP contribution in [0, 0.1) is 0 Å². The Hall–Kier alpha value is -1.63. The zero-order chi connectivity index (χ0) is 14.5. The SMILES string of the molecule is CCOC(=O)CNc1cnc(C(=O)OC(C)(C)C)s1. The van der Waals surface area contributed by atoms with Crippen LogP contribution in [0.1, 0.15) is 37.5 Å². The number of rotatable bonds is 5. The molecule has 1 aromatic heterocycles. The minimum atomic E-state index is -0.554. The van der Waals surface area contributed by atoms with E-state index in [9.17, 15) is 9.59 Å². The first-order valence-electron chi connectivity index (χ1n) is 5.90. The molecule has 0 aliphatic heterocycles. The van der Waals surface area contributed by atoms with Crippen molar-refractivity contribution in [1.29, 1.82) is 0 Å². The fourth-order valence-electron chi connectivity index (χ4n) is 1.14. The third kappa shape index (κ3) is 5.69. The van der Waals surface area contributed by atoms with E-state index < -0.39 is 11.6 Å². The Morgan fingerprint density at radius 2 is 2.11 bits per heavy atom. The van der Waals surface area contributed by atoms with Gasteiger partial charge in [0.05, 0.1) is 12.8 Å². The van der Waals surface area contributed by atoms with Crippen molar-refractivity contribution in [3.8, 4) is 0 Å². The van der Waals surface area contributed by atoms with Crippen molar-refractivity contribution in [2.45, 2.75) is 33.3 Å². The lowest BCUT2D eigenvalue weighted by molar-refractivity contribution is -0.140. The van der Waals surface area contributed by atoms with Gasteiger partial charge in [-0.3, -0.25) is 4.79 Å². The first-order chi connectivity index (χ1) is 8.81. The first kappa shape index (κ1) is 15.4. The highest BCUT2D eigenvalue weighted by molar-refractivity contribution is 7.17. The Balaban J connectivity index is 2.53. The second kappa shape index (κ2) is 6.51. The molecule has 0 saturated carbocycles. The predicted octanol–water partition coefficient (Wildman–Crippen LogP) is 2.07. The second-order valence-electron chi connectivity index (χ2n) is 4.69. The molecule has 1 aromatic rings. The van der Waals surface area contributed by atoms with Crippen LogP contribution in [-0.4, -0.2) is 35.7 Å². The van der Waals surface area contributed by atoms with E-state index in [-0.39, 0.29) is 17.5 Å². The summed E-state index contributed by atoms with van der Waals surface area (Å²) in [5.74, 6) is -0.823. The van der Waals surface area contributed by atoms with Gasteiger partial charge in [-0.1, -0.05) is 11.3 Å². The van der Waals surface area contributed by atoms with Crippen LogP contribution in [0.25, 0.3) is 0 Å². The summed E-state index contributed by atoms with van der Waals surface area (Å²) < 4.78 is 9.97. The Morgan fingerprint density at radius 3 is 2.68 bits per heavy atom. The largest absolute Gasteiger partial charge is 0.465 e. The van der Waals surface area contributed by atoms with Crippen molar-refractivity contribution < 1.29 is 19.1 Å². The normalized spacial score (nSPS) is 10.9. The van der Waals surface area contributed by atoms with Crippen LogP contribution in [0.4, 0.5) is 5.00 Å². The van der Waals surface area contributed by atoms with Crippen LogP contribution in [0.5, 0.6) is 0 Å². The summed E-state index contributed by atoms with van der Waals surface area (Å²) in [6.07, 6.45) is 1.49. The van der Waals surface area contributed by atoms with E-state index in [1.54, 1.807) is 27.7 Å². The second-order valence-corrected chi connectivity index (χ2v) is 5.72. The average Bonchev–Trinajstić information content (AvgIpc) is 2.73. The monoisotopic (exact) mass is 286 g/mol. The maximum absolute atomic E-state index is 11.7. The van der Waals surface area contributed by atoms with E-state index in [1.807, 2.05) is 0 Å². The van der Waals surface area contributed by atoms with Crippen molar-refractivity contribution >= 4 is 28.3 Å². The number of ether oxygens (including phenoxy) is 2. The maximum atomic E-state index is 11.7. The molecule has 0 bridgehead atoms. The minimum absolute atomic E-state index is 0.0454. The molecule has 0 spiro atoms. The van der Waals surface area contributed by atoms with E-state index in [2.05, 4.69) is 10.3 Å². The zero-order valence-corrected chi connectivity index (χ0v) is 12.3. The average molecular weight is 286 g/mol. The molecule has 1 heterocycles. The summed E-state index contributed by atoms with van der Waals surface area (Å²) in [5.41, 5.74) is -0.554. The molecule has 0 radical (unpaired) electrons. The quantitative estimate of drug-likeness (QED) is 0.835. The van der Waals surface area contributed by atoms with Crippen LogP contribution in [0.3, 0.4) is 0 Å². The van der Waals surface area contributed by atoms with E-state index in [0.717, 1.165) is 11.3 Å². The van der Waals surface area contributed by atoms with Gasteiger partial charge in [-0.2, -0.15) is 0 Å². The zero-order valence-electron chi connectivity index (χ0n) is 11.5. The molecular formula is C12H18N2O4S. The summed E-state index contributed by atoms with van der Waals surface area (Å²) in [7, 11) is 0. The Kier molecular flexibility index (Phi) is 5.29. The van der Waals surface area contributed by atoms with Gasteiger partial charge in [0.25, 0.3) is 0 Å². The van der Waals surface area contributed by atoms with Crippen molar-refractivity contribution in [2.24, 2.45) is 0 Å². The number of nitrogens with zero attached hydrogens (tertiary/aromatic N) is 1. The molecule has 19 heavy (non-hydrogen) atoms. The number of esters is 2. The number of nitrogens with one attached hydrogen (secondary N) is 1. The molecule has 1 N–H and O–H groups in total. The molecule has 106 valence electrons. The fraction of sp³-hybridized carbons (Fsp3) is 0.583. The van der Waals surface area contributed by atoms with Crippen LogP contribution in [-0.2, 0) is 14.3 Å². The smallest absolute Gasteiger partial charge is 0.368 e. The van der Waals surface area contributed by atoms with Crippen molar-refractivity contribution in [3.05, 3.63) is 11.2 Å². The van der Waals surface area contributed by atoms with Gasteiger partial charge in [0.2, 0.25) is 5.01 Å². The van der Waals surface area contributed by atoms with Crippen LogP contribution in [0.2, 0.25) is 0 Å². The lowest BCUT2D eigenvalue weighted by Gasteiger charge is -2.18. The number of carbonyl (C=O) groups excluding carboxylic acids is 2. The molecule has 0 aliphatic rings. The number of aromatic nitrogens is 1. The third-order valence-electron chi connectivity index (χ3n) is 1.79. The highest BCUT2D eigenvalue weighted by Gasteiger charge is 2.20. The van der Waals surface area contributed by atoms with Gasteiger partial charge in [0.1, 0.15) is 17.1 Å². The van der Waals surface area contributed by atoms with E-state index in [4.69, 9.17) is 9.47 Å². The summed E-state index contributed by atoms with van der Waals surface area (Å²) in [6.45, 7) is 7.50. The topological polar surface area (TPSA) is 77.5 Å². The summed E-state index contributed by atoms with van der Waals surface area (Å²) in [4.78, 5) is 26.8. The van der Waals surface area contributed by atoms with E-state index in [0.29, 0.717) is 11.6 Å². The van der Waals surface area contributed by atoms with Crippen molar-refractivity contribution in [2.75, 3.05) is 18.5 Å². The highest BCUT2D eigenvalue weighted by Crippen LogP contribution is 2.21. The first-order valence-corrected chi connectivity index (χ1v) is 6.72. The van der Waals surface area contributed by atoms with Gasteiger partial charge in [-0.15, -0.1) is 0 Å². The minimum Gasteiger partial charge on any atom is -0.465 e. The van der Waals surface area contributed by atoms with Gasteiger partial charge in [-0.25, -0.2) is 9.78 Å². The molecule has 6 nitrogen and oxygen atoms in total. The van der Waals surface area contributed by atoms with Gasteiger partial charge >= 0.3 is 11.9 Å². The van der Waals surface area contributed by atoms with E-state index >= 15 is 0 Å². The standard InChI is InChI=1S/C12H18N2O4S/c1-5-17-9(15)7-13-8-6-14-10(19-8)11(16)18-12(2,3)4/h6,13H,5,7H2,1-4H3. The Labute approximate surface area is 116 Å². The van der Waals surface area contributed by atoms with Crippen LogP contribution >= 0.6 is 11.3 Å². The molecule has 0 fully saturated rings. The van der Waals surface area contributed by atoms with Gasteiger partial charge in [0, 0.05) is 0 Å². The molecular weight excluding hydrogens is 268 g/mol. The number of anilines is 1. The fourth-order valence-corrected chi connectivity index (χ4v) is 1.83. The van der Waals surface area contributed by atoms with Gasteiger partial charge in [0.15, 0.2) is 0 Å². The van der Waals surface area contributed by atoms with Crippen LogP contribution in [0.15, 0.2) is 6.20 Å². The maximum Gasteiger partial charge on any atom is 0.368 e. The lowest BCUT2D eigenvalue weighted by Crippen LogP contribution is -2.23. The Morgan fingerprint density at radius 1 is 1.42 bits per heavy atom. The number of hydrogen-bond acceptors (Lipinski definition) is 7. The summed E-state index contributed by atoms with van der Waals surface area (Å²) >= 11 is 1.14. The predicted molar refractivity (Wildman–Crippen MR) is 72.4 cm³/mol. The number of carbonyl (C=O) groups is 2. The third-order valence-corrected chi connectivity index (χ3v) is 2.73. The van der Waals surface area contributed by atoms with Crippen molar-refractivity contribution in [3.63, 3.8) is 0 Å². The van der Waals surface area contributed by atoms with Gasteiger partial charge in [-0.05, 0) is 27.7 Å². The Bertz CT molecular complexity index is 451.